The summed E-state index contributed by atoms with van der Waals surface area (Å²) in [4.78, 5) is 0. The number of fused-ring (bicyclic) bond motifs is 6. The van der Waals surface area contributed by atoms with E-state index in [-0.39, 0.29) is 0 Å². The smallest absolute Gasteiger partial charge is 0.0548 e. The highest BCUT2D eigenvalue weighted by molar-refractivity contribution is 7.25. The van der Waals surface area contributed by atoms with Gasteiger partial charge in [0.05, 0.1) is 5.52 Å². The zero-order chi connectivity index (χ0) is 18.0. The minimum Gasteiger partial charge on any atom is -0.310 e. The van der Waals surface area contributed by atoms with Crippen molar-refractivity contribution in [3.05, 3.63) is 76.8 Å². The molecular formula is C25H19NS. The highest BCUT2D eigenvalue weighted by atomic mass is 32.1. The number of hydrogen-bond donors (Lipinski definition) is 0. The number of hydrogen-bond acceptors (Lipinski definition) is 1. The molecule has 2 heteroatoms. The Labute approximate surface area is 161 Å². The van der Waals surface area contributed by atoms with Gasteiger partial charge in [0.25, 0.3) is 0 Å². The first-order valence-corrected chi connectivity index (χ1v) is 10.3. The van der Waals surface area contributed by atoms with Crippen molar-refractivity contribution in [1.82, 2.24) is 4.57 Å². The van der Waals surface area contributed by atoms with Gasteiger partial charge in [-0.25, -0.2) is 0 Å². The molecule has 0 saturated carbocycles. The van der Waals surface area contributed by atoms with E-state index in [2.05, 4.69) is 84.3 Å². The summed E-state index contributed by atoms with van der Waals surface area (Å²) in [7, 11) is 0. The Morgan fingerprint density at radius 3 is 2.48 bits per heavy atom. The molecule has 0 aliphatic heterocycles. The molecule has 130 valence electrons. The molecule has 2 aromatic heterocycles. The van der Waals surface area contributed by atoms with Crippen molar-refractivity contribution >= 4 is 54.6 Å². The van der Waals surface area contributed by atoms with Crippen LogP contribution < -0.4 is 10.6 Å². The van der Waals surface area contributed by atoms with Gasteiger partial charge >= 0.3 is 0 Å². The Morgan fingerprint density at radius 1 is 0.778 bits per heavy atom. The molecule has 27 heavy (non-hydrogen) atoms. The molecule has 0 N–H and O–H groups in total. The van der Waals surface area contributed by atoms with Gasteiger partial charge < -0.3 is 4.57 Å². The Morgan fingerprint density at radius 2 is 1.59 bits per heavy atom. The fourth-order valence-electron chi connectivity index (χ4n) is 4.38. The van der Waals surface area contributed by atoms with E-state index in [4.69, 9.17) is 0 Å². The first-order chi connectivity index (χ1) is 13.3. The molecular weight excluding hydrogens is 346 g/mol. The fourth-order valence-corrected chi connectivity index (χ4v) is 5.51. The van der Waals surface area contributed by atoms with Crippen LogP contribution in [0, 0.1) is 6.92 Å². The summed E-state index contributed by atoms with van der Waals surface area (Å²) >= 11 is 1.90. The molecule has 0 amide bonds. The topological polar surface area (TPSA) is 4.93 Å². The maximum Gasteiger partial charge on any atom is 0.0548 e. The van der Waals surface area contributed by atoms with Gasteiger partial charge in [-0.3, -0.25) is 0 Å². The highest BCUT2D eigenvalue weighted by Gasteiger charge is 2.14. The standard InChI is InChI=1S/C25H19NS/c1-16-10-12-17(13-11-16)26-22-8-4-2-6-18(22)20-15-25-21(14-23(20)26)19-7-3-5-9-24(19)27-25/h3,5-15H,2,4H2,1H3. The van der Waals surface area contributed by atoms with Crippen LogP contribution in [-0.2, 0) is 0 Å². The highest BCUT2D eigenvalue weighted by Crippen LogP contribution is 2.36. The maximum absolute atomic E-state index is 2.45. The van der Waals surface area contributed by atoms with Gasteiger partial charge in [-0.15, -0.1) is 11.3 Å². The summed E-state index contributed by atoms with van der Waals surface area (Å²) < 4.78 is 5.20. The summed E-state index contributed by atoms with van der Waals surface area (Å²) in [6.07, 6.45) is 7.07. The van der Waals surface area contributed by atoms with Crippen LogP contribution in [0.2, 0.25) is 0 Å². The molecule has 1 aliphatic rings. The van der Waals surface area contributed by atoms with Gasteiger partial charge in [-0.1, -0.05) is 48.0 Å². The molecule has 5 aromatic rings. The Kier molecular flexibility index (Phi) is 3.15. The van der Waals surface area contributed by atoms with Crippen LogP contribution in [0.5, 0.6) is 0 Å². The monoisotopic (exact) mass is 365 g/mol. The third kappa shape index (κ3) is 2.17. The lowest BCUT2D eigenvalue weighted by atomic mass is 10.1. The zero-order valence-electron chi connectivity index (χ0n) is 15.2. The second-order valence-electron chi connectivity index (χ2n) is 7.42. The summed E-state index contributed by atoms with van der Waals surface area (Å²) in [5.41, 5.74) is 3.86. The number of aromatic nitrogens is 1. The van der Waals surface area contributed by atoms with E-state index in [9.17, 15) is 0 Å². The quantitative estimate of drug-likeness (QED) is 0.361. The van der Waals surface area contributed by atoms with Crippen molar-refractivity contribution in [3.63, 3.8) is 0 Å². The first kappa shape index (κ1) is 15.2. The molecule has 0 bridgehead atoms. The zero-order valence-corrected chi connectivity index (χ0v) is 16.0. The minimum absolute atomic E-state index is 1.12. The van der Waals surface area contributed by atoms with Crippen molar-refractivity contribution in [3.8, 4) is 5.69 Å². The van der Waals surface area contributed by atoms with Crippen LogP contribution in [0.3, 0.4) is 0 Å². The van der Waals surface area contributed by atoms with Gasteiger partial charge in [0.1, 0.15) is 0 Å². The van der Waals surface area contributed by atoms with E-state index < -0.39 is 0 Å². The molecule has 0 unspecified atom stereocenters. The van der Waals surface area contributed by atoms with Crippen LogP contribution in [0.15, 0.2) is 60.7 Å². The van der Waals surface area contributed by atoms with E-state index in [0.717, 1.165) is 12.8 Å². The predicted molar refractivity (Wildman–Crippen MR) is 118 cm³/mol. The second-order valence-corrected chi connectivity index (χ2v) is 8.50. The molecule has 1 aliphatic carbocycles. The number of nitrogens with zero attached hydrogens (tertiary/aromatic N) is 1. The van der Waals surface area contributed by atoms with Gasteiger partial charge in [0.15, 0.2) is 0 Å². The molecule has 3 aromatic carbocycles. The number of thiophene rings is 1. The van der Waals surface area contributed by atoms with Crippen LogP contribution in [0.1, 0.15) is 18.4 Å². The van der Waals surface area contributed by atoms with Crippen molar-refractivity contribution < 1.29 is 0 Å². The largest absolute Gasteiger partial charge is 0.310 e. The summed E-state index contributed by atoms with van der Waals surface area (Å²) in [5.74, 6) is 0. The Hall–Kier alpha value is -2.84. The molecule has 2 heterocycles. The second kappa shape index (κ2) is 5.58. The molecule has 0 saturated heterocycles. The summed E-state index contributed by atoms with van der Waals surface area (Å²) in [5, 5.41) is 6.85. The molecule has 0 fully saturated rings. The Bertz CT molecular complexity index is 1460. The Balaban J connectivity index is 1.82. The molecule has 0 spiro atoms. The number of benzene rings is 3. The van der Waals surface area contributed by atoms with Crippen LogP contribution in [-0.4, -0.2) is 4.57 Å². The van der Waals surface area contributed by atoms with E-state index in [1.54, 1.807) is 0 Å². The van der Waals surface area contributed by atoms with E-state index in [1.165, 1.54) is 52.9 Å². The van der Waals surface area contributed by atoms with Crippen molar-refractivity contribution in [2.75, 3.05) is 0 Å². The third-order valence-corrected chi connectivity index (χ3v) is 6.82. The van der Waals surface area contributed by atoms with Crippen molar-refractivity contribution in [2.45, 2.75) is 19.8 Å². The van der Waals surface area contributed by atoms with Crippen LogP contribution >= 0.6 is 11.3 Å². The maximum atomic E-state index is 2.45. The van der Waals surface area contributed by atoms with Gasteiger partial charge in [0.2, 0.25) is 0 Å². The lowest BCUT2D eigenvalue weighted by Gasteiger charge is -2.08. The predicted octanol–water partition coefficient (Wildman–Crippen LogP) is 5.66. The third-order valence-electron chi connectivity index (χ3n) is 5.69. The summed E-state index contributed by atoms with van der Waals surface area (Å²) in [6, 6.07) is 22.5. The average molecular weight is 366 g/mol. The molecule has 0 atom stereocenters. The normalized spacial score (nSPS) is 13.7. The van der Waals surface area contributed by atoms with E-state index in [1.807, 2.05) is 11.3 Å². The SMILES string of the molecule is Cc1ccc(-n2c3c(c4cc5sc6ccccc6c5cc42)=CCCC=3)cc1. The van der Waals surface area contributed by atoms with Gasteiger partial charge in [0, 0.05) is 41.8 Å². The van der Waals surface area contributed by atoms with Crippen molar-refractivity contribution in [2.24, 2.45) is 0 Å². The molecule has 0 radical (unpaired) electrons. The minimum atomic E-state index is 1.12. The van der Waals surface area contributed by atoms with E-state index >= 15 is 0 Å². The van der Waals surface area contributed by atoms with Crippen LogP contribution in [0.25, 0.3) is 48.9 Å². The molecule has 1 nitrogen and oxygen atoms in total. The fraction of sp³-hybridized carbons (Fsp3) is 0.120. The van der Waals surface area contributed by atoms with Crippen LogP contribution in [0.4, 0.5) is 0 Å². The average Bonchev–Trinajstić information content (AvgIpc) is 3.22. The van der Waals surface area contributed by atoms with Gasteiger partial charge in [-0.2, -0.15) is 0 Å². The number of aryl methyl sites for hydroxylation is 1. The first-order valence-electron chi connectivity index (χ1n) is 9.53. The lowest BCUT2D eigenvalue weighted by Crippen LogP contribution is -2.30. The number of rotatable bonds is 1. The van der Waals surface area contributed by atoms with E-state index in [0.29, 0.717) is 0 Å². The summed E-state index contributed by atoms with van der Waals surface area (Å²) in [6.45, 7) is 2.15. The van der Waals surface area contributed by atoms with Gasteiger partial charge in [-0.05, 0) is 50.1 Å². The van der Waals surface area contributed by atoms with Crippen molar-refractivity contribution in [1.29, 1.82) is 0 Å². The lowest BCUT2D eigenvalue weighted by molar-refractivity contribution is 1.02. The molecule has 6 rings (SSSR count).